The summed E-state index contributed by atoms with van der Waals surface area (Å²) in [5, 5.41) is 4.08. The molecule has 0 atom stereocenters. The lowest BCUT2D eigenvalue weighted by atomic mass is 10.0. The Morgan fingerprint density at radius 3 is 2.30 bits per heavy atom. The van der Waals surface area contributed by atoms with E-state index in [1.165, 1.54) is 0 Å². The fourth-order valence-corrected chi connectivity index (χ4v) is 4.96. The molecule has 158 valence electrons. The van der Waals surface area contributed by atoms with Crippen LogP contribution in [0.15, 0.2) is 62.6 Å². The highest BCUT2D eigenvalue weighted by atomic mass is 32.2. The summed E-state index contributed by atoms with van der Waals surface area (Å²) in [6.45, 7) is 4.09. The van der Waals surface area contributed by atoms with Gasteiger partial charge in [-0.2, -0.15) is 0 Å². The highest BCUT2D eigenvalue weighted by molar-refractivity contribution is 7.92. The molecule has 0 unspecified atom stereocenters. The fraction of sp³-hybridized carbons (Fsp3) is 0.348. The minimum absolute atomic E-state index is 0.0754. The second-order valence-corrected chi connectivity index (χ2v) is 9.77. The first kappa shape index (κ1) is 20.5. The van der Waals surface area contributed by atoms with Gasteiger partial charge in [-0.1, -0.05) is 51.0 Å². The molecule has 2 aromatic carbocycles. The van der Waals surface area contributed by atoms with E-state index in [1.807, 2.05) is 26.0 Å². The van der Waals surface area contributed by atoms with Gasteiger partial charge in [-0.15, -0.1) is 0 Å². The van der Waals surface area contributed by atoms with Gasteiger partial charge in [0.2, 0.25) is 0 Å². The molecule has 1 saturated carbocycles. The smallest absolute Gasteiger partial charge is 0.363 e. The van der Waals surface area contributed by atoms with Crippen LogP contribution >= 0.6 is 0 Å². The molecular formula is C23H26N2O4S. The summed E-state index contributed by atoms with van der Waals surface area (Å²) in [5.41, 5.74) is 1.16. The van der Waals surface area contributed by atoms with Crippen molar-refractivity contribution < 1.29 is 12.8 Å². The Morgan fingerprint density at radius 2 is 1.63 bits per heavy atom. The molecule has 0 amide bonds. The average Bonchev–Trinajstić information content (AvgIpc) is 3.24. The first-order chi connectivity index (χ1) is 14.3. The molecule has 0 aliphatic heterocycles. The predicted molar refractivity (Wildman–Crippen MR) is 120 cm³/mol. The number of benzene rings is 2. The minimum Gasteiger partial charge on any atom is -0.421 e. The largest absolute Gasteiger partial charge is 0.421 e. The lowest BCUT2D eigenvalue weighted by Crippen LogP contribution is -2.23. The van der Waals surface area contributed by atoms with E-state index < -0.39 is 15.6 Å². The van der Waals surface area contributed by atoms with E-state index >= 15 is 0 Å². The molecule has 3 aromatic rings. The number of rotatable bonds is 6. The number of hydrogen-bond acceptors (Lipinski definition) is 5. The molecule has 0 bridgehead atoms. The Labute approximate surface area is 176 Å². The summed E-state index contributed by atoms with van der Waals surface area (Å²) >= 11 is 0. The molecule has 1 fully saturated rings. The van der Waals surface area contributed by atoms with Crippen LogP contribution < -0.4 is 15.7 Å². The normalized spacial score (nSPS) is 15.0. The predicted octanol–water partition coefficient (Wildman–Crippen LogP) is 5.07. The maximum absolute atomic E-state index is 13.0. The van der Waals surface area contributed by atoms with Crippen LogP contribution in [0.25, 0.3) is 11.0 Å². The standard InChI is InChI=1S/C23H26N2O4S/c1-15(2)16-11-13-18(14-12-16)30(27,28)25-22-21(24-17-7-3-4-8-17)19-9-5-6-10-20(19)29-23(22)26/h5-6,9-15,17,24-25H,3-4,7-8H2,1-2H3. The van der Waals surface area contributed by atoms with Crippen molar-refractivity contribution in [1.29, 1.82) is 0 Å². The average molecular weight is 427 g/mol. The highest BCUT2D eigenvalue weighted by Gasteiger charge is 2.24. The summed E-state index contributed by atoms with van der Waals surface area (Å²) in [5.74, 6) is 0.296. The van der Waals surface area contributed by atoms with Gasteiger partial charge in [0.05, 0.1) is 10.6 Å². The monoisotopic (exact) mass is 426 g/mol. The number of sulfonamides is 1. The van der Waals surface area contributed by atoms with Crippen LogP contribution in [0.3, 0.4) is 0 Å². The molecule has 0 radical (unpaired) electrons. The van der Waals surface area contributed by atoms with E-state index in [4.69, 9.17) is 4.42 Å². The van der Waals surface area contributed by atoms with Crippen molar-refractivity contribution in [2.24, 2.45) is 0 Å². The Bertz CT molecular complexity index is 1210. The van der Waals surface area contributed by atoms with Crippen molar-refractivity contribution in [2.75, 3.05) is 10.0 Å². The Hall–Kier alpha value is -2.80. The lowest BCUT2D eigenvalue weighted by molar-refractivity contribution is 0.562. The second-order valence-electron chi connectivity index (χ2n) is 8.09. The van der Waals surface area contributed by atoms with Gasteiger partial charge in [0.15, 0.2) is 5.69 Å². The molecule has 1 heterocycles. The van der Waals surface area contributed by atoms with Crippen LogP contribution in [-0.2, 0) is 10.0 Å². The first-order valence-corrected chi connectivity index (χ1v) is 11.8. The fourth-order valence-electron chi connectivity index (χ4n) is 3.89. The van der Waals surface area contributed by atoms with E-state index in [0.717, 1.165) is 31.2 Å². The van der Waals surface area contributed by atoms with Crippen LogP contribution in [0.5, 0.6) is 0 Å². The van der Waals surface area contributed by atoms with E-state index in [-0.39, 0.29) is 16.6 Å². The Morgan fingerprint density at radius 1 is 0.967 bits per heavy atom. The van der Waals surface area contributed by atoms with Gasteiger partial charge >= 0.3 is 5.63 Å². The van der Waals surface area contributed by atoms with Crippen LogP contribution in [0.2, 0.25) is 0 Å². The molecule has 1 aliphatic rings. The zero-order valence-electron chi connectivity index (χ0n) is 17.1. The number of fused-ring (bicyclic) bond motifs is 1. The molecule has 1 aliphatic carbocycles. The maximum atomic E-state index is 13.0. The summed E-state index contributed by atoms with van der Waals surface area (Å²) in [4.78, 5) is 12.8. The molecule has 0 spiro atoms. The van der Waals surface area contributed by atoms with Crippen LogP contribution in [0.1, 0.15) is 51.0 Å². The third-order valence-electron chi connectivity index (χ3n) is 5.61. The topological polar surface area (TPSA) is 88.4 Å². The van der Waals surface area contributed by atoms with Crippen LogP contribution in [0, 0.1) is 0 Å². The zero-order valence-corrected chi connectivity index (χ0v) is 18.0. The van der Waals surface area contributed by atoms with Crippen molar-refractivity contribution in [3.05, 3.63) is 64.5 Å². The van der Waals surface area contributed by atoms with Gasteiger partial charge in [0.1, 0.15) is 5.58 Å². The minimum atomic E-state index is -3.95. The maximum Gasteiger partial charge on any atom is 0.363 e. The van der Waals surface area contributed by atoms with Gasteiger partial charge < -0.3 is 9.73 Å². The Balaban J connectivity index is 1.77. The molecule has 30 heavy (non-hydrogen) atoms. The summed E-state index contributed by atoms with van der Waals surface area (Å²) in [6.07, 6.45) is 4.19. The number of nitrogens with one attached hydrogen (secondary N) is 2. The molecule has 2 N–H and O–H groups in total. The SMILES string of the molecule is CC(C)c1ccc(S(=O)(=O)Nc2c(NC3CCCC3)c3ccccc3oc2=O)cc1. The molecule has 4 rings (SSSR count). The third-order valence-corrected chi connectivity index (χ3v) is 6.98. The van der Waals surface area contributed by atoms with E-state index in [2.05, 4.69) is 10.0 Å². The van der Waals surface area contributed by atoms with Crippen molar-refractivity contribution in [2.45, 2.75) is 56.4 Å². The molecule has 7 heteroatoms. The van der Waals surface area contributed by atoms with Gasteiger partial charge in [0, 0.05) is 11.4 Å². The summed E-state index contributed by atoms with van der Waals surface area (Å²) in [6, 6.07) is 14.1. The van der Waals surface area contributed by atoms with Gasteiger partial charge in [0.25, 0.3) is 10.0 Å². The first-order valence-electron chi connectivity index (χ1n) is 10.3. The lowest BCUT2D eigenvalue weighted by Gasteiger charge is -2.19. The number of anilines is 2. The van der Waals surface area contributed by atoms with Crippen molar-refractivity contribution in [1.82, 2.24) is 0 Å². The van der Waals surface area contributed by atoms with Gasteiger partial charge in [-0.05, 0) is 48.6 Å². The Kier molecular flexibility index (Phi) is 5.56. The van der Waals surface area contributed by atoms with Crippen LogP contribution in [0.4, 0.5) is 11.4 Å². The quantitative estimate of drug-likeness (QED) is 0.537. The molecule has 0 saturated heterocycles. The van der Waals surface area contributed by atoms with Gasteiger partial charge in [-0.3, -0.25) is 4.72 Å². The highest BCUT2D eigenvalue weighted by Crippen LogP contribution is 2.33. The van der Waals surface area contributed by atoms with Crippen molar-refractivity contribution in [3.63, 3.8) is 0 Å². The molecular weight excluding hydrogens is 400 g/mol. The molecule has 6 nitrogen and oxygen atoms in total. The van der Waals surface area contributed by atoms with Crippen LogP contribution in [-0.4, -0.2) is 14.5 Å². The van der Waals surface area contributed by atoms with Crippen molar-refractivity contribution >= 4 is 32.4 Å². The number of para-hydroxylation sites is 1. The van der Waals surface area contributed by atoms with E-state index in [9.17, 15) is 13.2 Å². The third kappa shape index (κ3) is 4.07. The zero-order chi connectivity index (χ0) is 21.3. The number of hydrogen-bond donors (Lipinski definition) is 2. The summed E-state index contributed by atoms with van der Waals surface area (Å²) < 4.78 is 34.0. The van der Waals surface area contributed by atoms with Gasteiger partial charge in [-0.25, -0.2) is 13.2 Å². The second kappa shape index (κ2) is 8.14. The van der Waals surface area contributed by atoms with E-state index in [0.29, 0.717) is 22.6 Å². The summed E-state index contributed by atoms with van der Waals surface area (Å²) in [7, 11) is -3.95. The van der Waals surface area contributed by atoms with E-state index in [1.54, 1.807) is 36.4 Å². The van der Waals surface area contributed by atoms with Crippen molar-refractivity contribution in [3.8, 4) is 0 Å². The molecule has 1 aromatic heterocycles.